The number of esters is 1. The summed E-state index contributed by atoms with van der Waals surface area (Å²) >= 11 is 0. The van der Waals surface area contributed by atoms with Gasteiger partial charge in [0.05, 0.1) is 5.56 Å². The molecule has 2 heterocycles. The summed E-state index contributed by atoms with van der Waals surface area (Å²) in [4.78, 5) is 14.7. The number of hydrogen-bond donors (Lipinski definition) is 0. The van der Waals surface area contributed by atoms with Gasteiger partial charge in [0.25, 0.3) is 0 Å². The van der Waals surface area contributed by atoms with Crippen LogP contribution in [-0.4, -0.2) is 12.8 Å². The lowest BCUT2D eigenvalue weighted by atomic mass is 10.2. The first-order chi connectivity index (χ1) is 8.83. The largest absolute Gasteiger partial charge is 0.454 e. The maximum Gasteiger partial charge on any atom is 0.343 e. The average Bonchev–Trinajstić information content (AvgIpc) is 2.87. The third-order valence-corrected chi connectivity index (χ3v) is 2.50. The zero-order valence-corrected chi connectivity index (χ0v) is 9.38. The second-order valence-corrected chi connectivity index (χ2v) is 3.70. The van der Waals surface area contributed by atoms with Crippen molar-refractivity contribution >= 4 is 5.97 Å². The summed E-state index contributed by atoms with van der Waals surface area (Å²) < 4.78 is 15.6. The molecule has 18 heavy (non-hydrogen) atoms. The zero-order valence-electron chi connectivity index (χ0n) is 9.38. The van der Waals surface area contributed by atoms with Crippen LogP contribution in [0.4, 0.5) is 0 Å². The molecule has 1 aliphatic rings. The van der Waals surface area contributed by atoms with E-state index in [0.717, 1.165) is 0 Å². The molecular weight excluding hydrogens is 234 g/mol. The molecule has 0 saturated heterocycles. The minimum Gasteiger partial charge on any atom is -0.454 e. The van der Waals surface area contributed by atoms with E-state index in [9.17, 15) is 4.79 Å². The van der Waals surface area contributed by atoms with E-state index in [1.54, 1.807) is 42.7 Å². The maximum atomic E-state index is 11.9. The van der Waals surface area contributed by atoms with Gasteiger partial charge < -0.3 is 14.2 Å². The van der Waals surface area contributed by atoms with Crippen molar-refractivity contribution in [2.45, 2.75) is 0 Å². The second kappa shape index (κ2) is 4.37. The first kappa shape index (κ1) is 10.6. The number of H-pyrrole nitrogens is 1. The van der Waals surface area contributed by atoms with Crippen LogP contribution >= 0.6 is 0 Å². The van der Waals surface area contributed by atoms with Gasteiger partial charge in [0.1, 0.15) is 0 Å². The Balaban J connectivity index is 1.81. The minimum atomic E-state index is -0.437. The standard InChI is InChI=1S/C13H9NO4/c15-13(18-10-2-1-5-14-7-10)9-3-4-11-12(6-9)17-8-16-11/h1-7H,8H2/p+1. The van der Waals surface area contributed by atoms with Crippen molar-refractivity contribution in [3.8, 4) is 17.2 Å². The maximum absolute atomic E-state index is 11.9. The van der Waals surface area contributed by atoms with Crippen LogP contribution in [-0.2, 0) is 0 Å². The highest BCUT2D eigenvalue weighted by Crippen LogP contribution is 2.32. The Bertz CT molecular complexity index is 583. The number of fused-ring (bicyclic) bond motifs is 1. The van der Waals surface area contributed by atoms with E-state index in [-0.39, 0.29) is 6.79 Å². The molecule has 0 spiro atoms. The summed E-state index contributed by atoms with van der Waals surface area (Å²) in [5, 5.41) is 0. The minimum absolute atomic E-state index is 0.182. The zero-order chi connectivity index (χ0) is 12.4. The van der Waals surface area contributed by atoms with Crippen molar-refractivity contribution in [3.63, 3.8) is 0 Å². The molecule has 0 saturated carbocycles. The highest BCUT2D eigenvalue weighted by molar-refractivity contribution is 5.91. The van der Waals surface area contributed by atoms with E-state index >= 15 is 0 Å². The summed E-state index contributed by atoms with van der Waals surface area (Å²) in [5.74, 6) is 1.22. The number of rotatable bonds is 2. The van der Waals surface area contributed by atoms with Crippen LogP contribution in [0.3, 0.4) is 0 Å². The molecule has 2 aromatic rings. The predicted octanol–water partition coefficient (Wildman–Crippen LogP) is 1.45. The molecule has 0 bridgehead atoms. The molecule has 90 valence electrons. The second-order valence-electron chi connectivity index (χ2n) is 3.70. The first-order valence-electron chi connectivity index (χ1n) is 5.41. The molecule has 0 radical (unpaired) electrons. The molecule has 5 heteroatoms. The molecule has 1 N–H and O–H groups in total. The summed E-state index contributed by atoms with van der Waals surface area (Å²) in [6, 6.07) is 8.39. The van der Waals surface area contributed by atoms with Gasteiger partial charge in [-0.1, -0.05) is 0 Å². The molecule has 0 atom stereocenters. The van der Waals surface area contributed by atoms with Gasteiger partial charge in [-0.3, -0.25) is 0 Å². The number of nitrogens with one attached hydrogen (secondary N) is 1. The van der Waals surface area contributed by atoms with E-state index in [1.165, 1.54) is 0 Å². The summed E-state index contributed by atoms with van der Waals surface area (Å²) in [5.41, 5.74) is 0.420. The van der Waals surface area contributed by atoms with Gasteiger partial charge in [-0.05, 0) is 24.3 Å². The Morgan fingerprint density at radius 3 is 2.94 bits per heavy atom. The third kappa shape index (κ3) is 1.98. The lowest BCUT2D eigenvalue weighted by Crippen LogP contribution is -2.10. The highest BCUT2D eigenvalue weighted by Gasteiger charge is 2.17. The van der Waals surface area contributed by atoms with Crippen molar-refractivity contribution < 1.29 is 24.0 Å². The van der Waals surface area contributed by atoms with Crippen LogP contribution in [0.25, 0.3) is 0 Å². The van der Waals surface area contributed by atoms with Crippen LogP contribution in [0.1, 0.15) is 10.4 Å². The first-order valence-corrected chi connectivity index (χ1v) is 5.41. The SMILES string of the molecule is O=C(Oc1ccc[nH+]c1)c1ccc2c(c1)OCO2. The number of carbonyl (C=O) groups is 1. The molecule has 5 nitrogen and oxygen atoms in total. The summed E-state index contributed by atoms with van der Waals surface area (Å²) in [6.07, 6.45) is 3.34. The smallest absolute Gasteiger partial charge is 0.343 e. The summed E-state index contributed by atoms with van der Waals surface area (Å²) in [6.45, 7) is 0.182. The Hall–Kier alpha value is -2.56. The van der Waals surface area contributed by atoms with E-state index in [2.05, 4.69) is 4.98 Å². The fourth-order valence-corrected chi connectivity index (χ4v) is 1.63. The van der Waals surface area contributed by atoms with Crippen molar-refractivity contribution in [2.75, 3.05) is 6.79 Å². The van der Waals surface area contributed by atoms with Crippen LogP contribution < -0.4 is 19.2 Å². The normalized spacial score (nSPS) is 12.2. The predicted molar refractivity (Wildman–Crippen MR) is 60.5 cm³/mol. The topological polar surface area (TPSA) is 58.9 Å². The van der Waals surface area contributed by atoms with E-state index < -0.39 is 5.97 Å². The Labute approximate surface area is 103 Å². The molecule has 0 aliphatic carbocycles. The summed E-state index contributed by atoms with van der Waals surface area (Å²) in [7, 11) is 0. The van der Waals surface area contributed by atoms with Crippen LogP contribution in [0.5, 0.6) is 17.2 Å². The van der Waals surface area contributed by atoms with Crippen molar-refractivity contribution in [1.82, 2.24) is 0 Å². The monoisotopic (exact) mass is 244 g/mol. The van der Waals surface area contributed by atoms with Crippen molar-refractivity contribution in [1.29, 1.82) is 0 Å². The highest BCUT2D eigenvalue weighted by atomic mass is 16.7. The lowest BCUT2D eigenvalue weighted by molar-refractivity contribution is -0.378. The number of aromatic nitrogens is 1. The van der Waals surface area contributed by atoms with Gasteiger partial charge in [-0.15, -0.1) is 0 Å². The van der Waals surface area contributed by atoms with Crippen LogP contribution in [0.2, 0.25) is 0 Å². The quantitative estimate of drug-likeness (QED) is 0.750. The number of hydrogen-bond acceptors (Lipinski definition) is 4. The van der Waals surface area contributed by atoms with Crippen molar-refractivity contribution in [3.05, 3.63) is 48.3 Å². The Morgan fingerprint density at radius 2 is 2.11 bits per heavy atom. The van der Waals surface area contributed by atoms with Crippen molar-refractivity contribution in [2.24, 2.45) is 0 Å². The van der Waals surface area contributed by atoms with Gasteiger partial charge in [-0.2, -0.15) is 0 Å². The number of carbonyl (C=O) groups excluding carboxylic acids is 1. The van der Waals surface area contributed by atoms with Gasteiger partial charge in [-0.25, -0.2) is 9.78 Å². The fraction of sp³-hybridized carbons (Fsp3) is 0.0769. The van der Waals surface area contributed by atoms with Crippen LogP contribution in [0.15, 0.2) is 42.7 Å². The number of ether oxygens (including phenoxy) is 3. The molecular formula is C13H10NO4+. The van der Waals surface area contributed by atoms with E-state index in [1.807, 2.05) is 0 Å². The number of pyridine rings is 1. The molecule has 3 rings (SSSR count). The lowest BCUT2D eigenvalue weighted by Gasteiger charge is -2.03. The molecule has 1 aromatic carbocycles. The number of benzene rings is 1. The third-order valence-electron chi connectivity index (χ3n) is 2.50. The molecule has 1 aromatic heterocycles. The molecule has 0 amide bonds. The average molecular weight is 244 g/mol. The van der Waals surface area contributed by atoms with Gasteiger partial charge >= 0.3 is 5.97 Å². The Morgan fingerprint density at radius 1 is 1.22 bits per heavy atom. The molecule has 0 unspecified atom stereocenters. The van der Waals surface area contributed by atoms with Crippen LogP contribution in [0, 0.1) is 0 Å². The fourth-order valence-electron chi connectivity index (χ4n) is 1.63. The molecule has 1 aliphatic heterocycles. The number of aromatic amines is 1. The van der Waals surface area contributed by atoms with Gasteiger partial charge in [0, 0.05) is 6.07 Å². The Kier molecular flexibility index (Phi) is 2.57. The van der Waals surface area contributed by atoms with Gasteiger partial charge in [0.2, 0.25) is 13.0 Å². The van der Waals surface area contributed by atoms with E-state index in [4.69, 9.17) is 14.2 Å². The van der Waals surface area contributed by atoms with E-state index in [0.29, 0.717) is 22.8 Å². The van der Waals surface area contributed by atoms with Gasteiger partial charge in [0.15, 0.2) is 23.4 Å². The molecule has 0 fully saturated rings.